The monoisotopic (exact) mass is 349 g/mol. The highest BCUT2D eigenvalue weighted by molar-refractivity contribution is 5.77. The summed E-state index contributed by atoms with van der Waals surface area (Å²) < 4.78 is 5.17. The summed E-state index contributed by atoms with van der Waals surface area (Å²) in [5, 5.41) is 12.9. The summed E-state index contributed by atoms with van der Waals surface area (Å²) in [6.07, 6.45) is 1.61. The highest BCUT2D eigenvalue weighted by Gasteiger charge is 2.18. The minimum Gasteiger partial charge on any atom is -0.467 e. The Bertz CT molecular complexity index is 745. The molecule has 0 aliphatic rings. The number of benzene rings is 2. The maximum absolute atomic E-state index is 12.5. The fourth-order valence-electron chi connectivity index (χ4n) is 3.03. The standard InChI is InChI=1S/C22H23NO3/c24-20(21-12-7-15-26-21)13-14-23-22(25)16-19(17-8-3-1-4-9-17)18-10-5-2-6-11-18/h1-12,15,19-20,24H,13-14,16H2,(H,23,25)/t20-/m1/s1. The second kappa shape index (κ2) is 9.02. The zero-order chi connectivity index (χ0) is 18.2. The number of hydrogen-bond donors (Lipinski definition) is 2. The van der Waals surface area contributed by atoms with Crippen LogP contribution in [0.15, 0.2) is 83.5 Å². The summed E-state index contributed by atoms with van der Waals surface area (Å²) in [6.45, 7) is 0.400. The first-order valence-electron chi connectivity index (χ1n) is 8.82. The quantitative estimate of drug-likeness (QED) is 0.645. The van der Waals surface area contributed by atoms with Crippen LogP contribution in [0.2, 0.25) is 0 Å². The molecular formula is C22H23NO3. The lowest BCUT2D eigenvalue weighted by atomic mass is 9.88. The molecule has 2 N–H and O–H groups in total. The van der Waals surface area contributed by atoms with Gasteiger partial charge in [0.1, 0.15) is 11.9 Å². The van der Waals surface area contributed by atoms with Gasteiger partial charge in [0.2, 0.25) is 5.91 Å². The Morgan fingerprint density at radius 1 is 0.923 bits per heavy atom. The average Bonchev–Trinajstić information content (AvgIpc) is 3.22. The van der Waals surface area contributed by atoms with Gasteiger partial charge in [-0.1, -0.05) is 60.7 Å². The molecular weight excluding hydrogens is 326 g/mol. The van der Waals surface area contributed by atoms with Crippen LogP contribution in [-0.2, 0) is 4.79 Å². The molecule has 0 saturated heterocycles. The summed E-state index contributed by atoms with van der Waals surface area (Å²) in [4.78, 5) is 12.5. The Labute approximate surface area is 153 Å². The Morgan fingerprint density at radius 3 is 2.08 bits per heavy atom. The first-order valence-corrected chi connectivity index (χ1v) is 8.82. The third-order valence-corrected chi connectivity index (χ3v) is 4.40. The van der Waals surface area contributed by atoms with Crippen LogP contribution in [0.5, 0.6) is 0 Å². The number of amides is 1. The Kier molecular flexibility index (Phi) is 6.23. The molecule has 0 bridgehead atoms. The maximum Gasteiger partial charge on any atom is 0.220 e. The van der Waals surface area contributed by atoms with Gasteiger partial charge in [0.15, 0.2) is 0 Å². The van der Waals surface area contributed by atoms with Crippen molar-refractivity contribution in [2.45, 2.75) is 24.9 Å². The lowest BCUT2D eigenvalue weighted by Crippen LogP contribution is -2.27. The Hall–Kier alpha value is -2.85. The third kappa shape index (κ3) is 4.83. The van der Waals surface area contributed by atoms with E-state index < -0.39 is 6.10 Å². The van der Waals surface area contributed by atoms with E-state index in [1.165, 1.54) is 6.26 Å². The summed E-state index contributed by atoms with van der Waals surface area (Å²) in [5.74, 6) is 0.493. The fourth-order valence-corrected chi connectivity index (χ4v) is 3.03. The molecule has 0 saturated carbocycles. The Morgan fingerprint density at radius 2 is 1.54 bits per heavy atom. The SMILES string of the molecule is O=C(CC(c1ccccc1)c1ccccc1)NCC[C@@H](O)c1ccco1. The van der Waals surface area contributed by atoms with Crippen LogP contribution in [0.3, 0.4) is 0 Å². The average molecular weight is 349 g/mol. The number of nitrogens with one attached hydrogen (secondary N) is 1. The minimum atomic E-state index is -0.704. The second-order valence-corrected chi connectivity index (χ2v) is 6.25. The molecule has 0 radical (unpaired) electrons. The van der Waals surface area contributed by atoms with Crippen LogP contribution in [0.1, 0.15) is 41.8 Å². The van der Waals surface area contributed by atoms with Crippen molar-refractivity contribution in [1.29, 1.82) is 0 Å². The van der Waals surface area contributed by atoms with E-state index in [-0.39, 0.29) is 11.8 Å². The first-order chi connectivity index (χ1) is 12.7. The van der Waals surface area contributed by atoms with E-state index in [4.69, 9.17) is 4.42 Å². The molecule has 0 fully saturated rings. The lowest BCUT2D eigenvalue weighted by molar-refractivity contribution is -0.121. The van der Waals surface area contributed by atoms with E-state index in [0.717, 1.165) is 11.1 Å². The highest BCUT2D eigenvalue weighted by atomic mass is 16.4. The highest BCUT2D eigenvalue weighted by Crippen LogP contribution is 2.27. The van der Waals surface area contributed by atoms with Crippen LogP contribution in [-0.4, -0.2) is 17.6 Å². The molecule has 0 aliphatic heterocycles. The van der Waals surface area contributed by atoms with Crippen LogP contribution < -0.4 is 5.32 Å². The van der Waals surface area contributed by atoms with E-state index >= 15 is 0 Å². The smallest absolute Gasteiger partial charge is 0.220 e. The van der Waals surface area contributed by atoms with Crippen molar-refractivity contribution in [1.82, 2.24) is 5.32 Å². The van der Waals surface area contributed by atoms with Gasteiger partial charge in [-0.15, -0.1) is 0 Å². The molecule has 1 amide bonds. The Balaban J connectivity index is 1.59. The lowest BCUT2D eigenvalue weighted by Gasteiger charge is -2.18. The molecule has 1 aromatic heterocycles. The minimum absolute atomic E-state index is 0.00685. The molecule has 1 atom stereocenters. The molecule has 3 rings (SSSR count). The molecule has 3 aromatic rings. The summed E-state index contributed by atoms with van der Waals surface area (Å²) >= 11 is 0. The molecule has 4 heteroatoms. The number of rotatable bonds is 8. The number of furan rings is 1. The predicted molar refractivity (Wildman–Crippen MR) is 101 cm³/mol. The van der Waals surface area contributed by atoms with E-state index in [2.05, 4.69) is 5.32 Å². The van der Waals surface area contributed by atoms with Gasteiger partial charge in [-0.05, 0) is 29.7 Å². The summed E-state index contributed by atoms with van der Waals surface area (Å²) in [6, 6.07) is 23.6. The third-order valence-electron chi connectivity index (χ3n) is 4.40. The normalized spacial score (nSPS) is 12.1. The van der Waals surface area contributed by atoms with E-state index in [1.54, 1.807) is 12.1 Å². The van der Waals surface area contributed by atoms with Crippen molar-refractivity contribution >= 4 is 5.91 Å². The van der Waals surface area contributed by atoms with Crippen molar-refractivity contribution in [2.24, 2.45) is 0 Å². The largest absolute Gasteiger partial charge is 0.467 e. The first kappa shape index (κ1) is 18.0. The van der Waals surface area contributed by atoms with Crippen LogP contribution in [0.25, 0.3) is 0 Å². The number of carbonyl (C=O) groups is 1. The van der Waals surface area contributed by atoms with Gasteiger partial charge in [0.05, 0.1) is 6.26 Å². The van der Waals surface area contributed by atoms with Crippen LogP contribution in [0.4, 0.5) is 0 Å². The van der Waals surface area contributed by atoms with Gasteiger partial charge >= 0.3 is 0 Å². The number of aliphatic hydroxyl groups excluding tert-OH is 1. The predicted octanol–water partition coefficient (Wildman–Crippen LogP) is 4.04. The molecule has 26 heavy (non-hydrogen) atoms. The van der Waals surface area contributed by atoms with Gasteiger partial charge in [-0.2, -0.15) is 0 Å². The molecule has 4 nitrogen and oxygen atoms in total. The maximum atomic E-state index is 12.5. The zero-order valence-corrected chi connectivity index (χ0v) is 14.5. The van der Waals surface area contributed by atoms with Crippen molar-refractivity contribution < 1.29 is 14.3 Å². The fraction of sp³-hybridized carbons (Fsp3) is 0.227. The molecule has 134 valence electrons. The molecule has 0 aliphatic carbocycles. The second-order valence-electron chi connectivity index (χ2n) is 6.25. The molecule has 0 spiro atoms. The topological polar surface area (TPSA) is 62.5 Å². The van der Waals surface area contributed by atoms with Crippen LogP contribution in [0, 0.1) is 0 Å². The molecule has 1 heterocycles. The number of hydrogen-bond acceptors (Lipinski definition) is 3. The van der Waals surface area contributed by atoms with Crippen LogP contribution >= 0.6 is 0 Å². The molecule has 0 unspecified atom stereocenters. The van der Waals surface area contributed by atoms with E-state index in [1.807, 2.05) is 60.7 Å². The van der Waals surface area contributed by atoms with Crippen molar-refractivity contribution in [3.63, 3.8) is 0 Å². The van der Waals surface area contributed by atoms with Gasteiger partial charge in [0.25, 0.3) is 0 Å². The van der Waals surface area contributed by atoms with E-state index in [0.29, 0.717) is 25.1 Å². The van der Waals surface area contributed by atoms with Crippen molar-refractivity contribution in [3.8, 4) is 0 Å². The van der Waals surface area contributed by atoms with Gasteiger partial charge < -0.3 is 14.8 Å². The number of aliphatic hydroxyl groups is 1. The summed E-state index contributed by atoms with van der Waals surface area (Å²) in [7, 11) is 0. The van der Waals surface area contributed by atoms with Gasteiger partial charge in [0, 0.05) is 18.9 Å². The zero-order valence-electron chi connectivity index (χ0n) is 14.5. The van der Waals surface area contributed by atoms with Crippen molar-refractivity contribution in [3.05, 3.63) is 95.9 Å². The van der Waals surface area contributed by atoms with Crippen molar-refractivity contribution in [2.75, 3.05) is 6.54 Å². The van der Waals surface area contributed by atoms with E-state index in [9.17, 15) is 9.90 Å². The van der Waals surface area contributed by atoms with Gasteiger partial charge in [-0.3, -0.25) is 4.79 Å². The molecule has 2 aromatic carbocycles. The number of carbonyl (C=O) groups excluding carboxylic acids is 1. The summed E-state index contributed by atoms with van der Waals surface area (Å²) in [5.41, 5.74) is 2.23. The van der Waals surface area contributed by atoms with Gasteiger partial charge in [-0.25, -0.2) is 0 Å².